The van der Waals surface area contributed by atoms with Crippen LogP contribution in [0.2, 0.25) is 0 Å². The zero-order valence-electron chi connectivity index (χ0n) is 8.89. The van der Waals surface area contributed by atoms with Crippen molar-refractivity contribution in [3.8, 4) is 0 Å². The molecule has 0 heterocycles. The number of rotatable bonds is 4. The van der Waals surface area contributed by atoms with E-state index in [0.717, 1.165) is 6.07 Å². The fourth-order valence-electron chi connectivity index (χ4n) is 1.49. The first-order chi connectivity index (χ1) is 7.91. The molecule has 0 aliphatic heterocycles. The Morgan fingerprint density at radius 2 is 2.06 bits per heavy atom. The predicted octanol–water partition coefficient (Wildman–Crippen LogP) is 2.93. The van der Waals surface area contributed by atoms with Gasteiger partial charge in [0.05, 0.1) is 11.6 Å². The first kappa shape index (κ1) is 13.7. The summed E-state index contributed by atoms with van der Waals surface area (Å²) >= 11 is 0. The summed E-state index contributed by atoms with van der Waals surface area (Å²) < 4.78 is 51.1. The summed E-state index contributed by atoms with van der Waals surface area (Å²) in [6.07, 6.45) is -3.04. The summed E-state index contributed by atoms with van der Waals surface area (Å²) in [6, 6.07) is 2.38. The minimum atomic E-state index is -4.71. The monoisotopic (exact) mass is 248 g/mol. The molecule has 0 saturated heterocycles. The van der Waals surface area contributed by atoms with Gasteiger partial charge in [-0.25, -0.2) is 4.39 Å². The Hall–Kier alpha value is -1.40. The zero-order chi connectivity index (χ0) is 13.1. The normalized spacial score (nSPS) is 13.5. The van der Waals surface area contributed by atoms with Gasteiger partial charge < -0.3 is 0 Å². The van der Waals surface area contributed by atoms with Crippen LogP contribution in [0.15, 0.2) is 30.9 Å². The molecule has 1 aromatic rings. The van der Waals surface area contributed by atoms with Crippen LogP contribution in [0.4, 0.5) is 17.6 Å². The molecule has 0 spiro atoms. The number of nitrogens with one attached hydrogen (secondary N) is 1. The lowest BCUT2D eigenvalue weighted by atomic mass is 10.0. The fraction of sp³-hybridized carbons (Fsp3) is 0.273. The third kappa shape index (κ3) is 3.04. The molecule has 94 valence electrons. The van der Waals surface area contributed by atoms with Crippen LogP contribution in [-0.4, -0.2) is 0 Å². The molecule has 0 fully saturated rings. The summed E-state index contributed by atoms with van der Waals surface area (Å²) in [4.78, 5) is 0. The Balaban J connectivity index is 3.22. The Bertz CT molecular complexity index is 401. The Labute approximate surface area is 96.1 Å². The van der Waals surface area contributed by atoms with Crippen LogP contribution < -0.4 is 11.3 Å². The predicted molar refractivity (Wildman–Crippen MR) is 56.3 cm³/mol. The van der Waals surface area contributed by atoms with Crippen molar-refractivity contribution in [2.24, 2.45) is 5.84 Å². The maximum absolute atomic E-state index is 13.7. The molecular formula is C11H12F4N2. The molecule has 2 nitrogen and oxygen atoms in total. The molecule has 0 aliphatic rings. The number of benzene rings is 1. The Kier molecular flexibility index (Phi) is 4.25. The van der Waals surface area contributed by atoms with E-state index in [-0.39, 0.29) is 12.0 Å². The van der Waals surface area contributed by atoms with Gasteiger partial charge in [0.1, 0.15) is 5.82 Å². The van der Waals surface area contributed by atoms with Crippen molar-refractivity contribution in [3.63, 3.8) is 0 Å². The lowest BCUT2D eigenvalue weighted by molar-refractivity contribution is -0.140. The highest BCUT2D eigenvalue weighted by atomic mass is 19.4. The number of hydrazine groups is 1. The number of nitrogens with two attached hydrogens (primary N) is 1. The molecule has 0 bridgehead atoms. The minimum absolute atomic E-state index is 0.123. The summed E-state index contributed by atoms with van der Waals surface area (Å²) in [5.74, 6) is 3.87. The lowest BCUT2D eigenvalue weighted by Gasteiger charge is -2.17. The van der Waals surface area contributed by atoms with E-state index in [0.29, 0.717) is 6.07 Å². The second kappa shape index (κ2) is 5.29. The molecule has 1 atom stereocenters. The number of alkyl halides is 3. The van der Waals surface area contributed by atoms with Crippen molar-refractivity contribution < 1.29 is 17.6 Å². The third-order valence-corrected chi connectivity index (χ3v) is 2.31. The maximum Gasteiger partial charge on any atom is 0.419 e. The van der Waals surface area contributed by atoms with Gasteiger partial charge in [0, 0.05) is 5.56 Å². The molecule has 0 aromatic heterocycles. The molecule has 1 unspecified atom stereocenters. The van der Waals surface area contributed by atoms with Crippen molar-refractivity contribution in [2.45, 2.75) is 18.6 Å². The summed E-state index contributed by atoms with van der Waals surface area (Å²) in [7, 11) is 0. The molecule has 1 aromatic carbocycles. The van der Waals surface area contributed by atoms with E-state index in [1.54, 1.807) is 0 Å². The highest BCUT2D eigenvalue weighted by Crippen LogP contribution is 2.34. The average molecular weight is 248 g/mol. The van der Waals surface area contributed by atoms with Gasteiger partial charge in [0.15, 0.2) is 0 Å². The SMILES string of the molecule is C=CCC(NN)c1cccc(C(F)(F)F)c1F. The van der Waals surface area contributed by atoms with Crippen LogP contribution in [-0.2, 0) is 6.18 Å². The van der Waals surface area contributed by atoms with E-state index in [2.05, 4.69) is 12.0 Å². The number of halogens is 4. The van der Waals surface area contributed by atoms with Crippen LogP contribution in [0.1, 0.15) is 23.6 Å². The van der Waals surface area contributed by atoms with Gasteiger partial charge in [-0.2, -0.15) is 13.2 Å². The highest BCUT2D eigenvalue weighted by Gasteiger charge is 2.35. The second-order valence-corrected chi connectivity index (χ2v) is 3.45. The van der Waals surface area contributed by atoms with E-state index in [1.807, 2.05) is 0 Å². The van der Waals surface area contributed by atoms with Crippen LogP contribution in [0.5, 0.6) is 0 Å². The van der Waals surface area contributed by atoms with Crippen LogP contribution in [0.3, 0.4) is 0 Å². The van der Waals surface area contributed by atoms with Gasteiger partial charge in [0.25, 0.3) is 0 Å². The van der Waals surface area contributed by atoms with Gasteiger partial charge in [-0.05, 0) is 12.5 Å². The number of hydrogen-bond acceptors (Lipinski definition) is 2. The summed E-state index contributed by atoms with van der Waals surface area (Å²) in [6.45, 7) is 3.43. The number of hydrogen-bond donors (Lipinski definition) is 2. The molecular weight excluding hydrogens is 236 g/mol. The smallest absolute Gasteiger partial charge is 0.271 e. The standard InChI is InChI=1S/C11H12F4N2/c1-2-4-9(17-16)7-5-3-6-8(10(7)12)11(13,14)15/h2-3,5-6,9,17H,1,4,16H2. The van der Waals surface area contributed by atoms with Gasteiger partial charge in [-0.15, -0.1) is 6.58 Å². The molecule has 0 radical (unpaired) electrons. The maximum atomic E-state index is 13.7. The fourth-order valence-corrected chi connectivity index (χ4v) is 1.49. The Morgan fingerprint density at radius 1 is 1.41 bits per heavy atom. The van der Waals surface area contributed by atoms with Crippen LogP contribution >= 0.6 is 0 Å². The van der Waals surface area contributed by atoms with Crippen molar-refractivity contribution in [1.29, 1.82) is 0 Å². The van der Waals surface area contributed by atoms with Gasteiger partial charge in [-0.3, -0.25) is 11.3 Å². The van der Waals surface area contributed by atoms with Crippen molar-refractivity contribution in [3.05, 3.63) is 47.8 Å². The third-order valence-electron chi connectivity index (χ3n) is 2.31. The second-order valence-electron chi connectivity index (χ2n) is 3.45. The van der Waals surface area contributed by atoms with Gasteiger partial charge in [-0.1, -0.05) is 18.2 Å². The van der Waals surface area contributed by atoms with Crippen molar-refractivity contribution in [1.82, 2.24) is 5.43 Å². The van der Waals surface area contributed by atoms with Crippen LogP contribution in [0.25, 0.3) is 0 Å². The lowest BCUT2D eigenvalue weighted by Crippen LogP contribution is -2.29. The molecule has 0 amide bonds. The quantitative estimate of drug-likeness (QED) is 0.372. The van der Waals surface area contributed by atoms with Crippen molar-refractivity contribution >= 4 is 0 Å². The molecule has 0 saturated carbocycles. The topological polar surface area (TPSA) is 38.0 Å². The average Bonchev–Trinajstić information content (AvgIpc) is 2.25. The van der Waals surface area contributed by atoms with E-state index >= 15 is 0 Å². The molecule has 6 heteroatoms. The first-order valence-electron chi connectivity index (χ1n) is 4.84. The zero-order valence-corrected chi connectivity index (χ0v) is 8.89. The first-order valence-corrected chi connectivity index (χ1v) is 4.84. The Morgan fingerprint density at radius 3 is 2.53 bits per heavy atom. The summed E-state index contributed by atoms with van der Waals surface area (Å²) in [5.41, 5.74) is 0.845. The molecule has 3 N–H and O–H groups in total. The van der Waals surface area contributed by atoms with E-state index in [1.165, 1.54) is 12.1 Å². The van der Waals surface area contributed by atoms with E-state index in [4.69, 9.17) is 5.84 Å². The van der Waals surface area contributed by atoms with Gasteiger partial charge in [0.2, 0.25) is 0 Å². The van der Waals surface area contributed by atoms with Gasteiger partial charge >= 0.3 is 6.18 Å². The highest BCUT2D eigenvalue weighted by molar-refractivity contribution is 5.30. The summed E-state index contributed by atoms with van der Waals surface area (Å²) in [5, 5.41) is 0. The molecule has 17 heavy (non-hydrogen) atoms. The molecule has 1 rings (SSSR count). The van der Waals surface area contributed by atoms with E-state index in [9.17, 15) is 17.6 Å². The van der Waals surface area contributed by atoms with Crippen LogP contribution in [0, 0.1) is 5.82 Å². The molecule has 0 aliphatic carbocycles. The van der Waals surface area contributed by atoms with Crippen molar-refractivity contribution in [2.75, 3.05) is 0 Å². The minimum Gasteiger partial charge on any atom is -0.271 e. The van der Waals surface area contributed by atoms with E-state index < -0.39 is 23.6 Å². The largest absolute Gasteiger partial charge is 0.419 e.